The number of hydrogen-bond donors (Lipinski definition) is 2. The monoisotopic (exact) mass is 259 g/mol. The van der Waals surface area contributed by atoms with Crippen LogP contribution in [0, 0.1) is 0 Å². The van der Waals surface area contributed by atoms with E-state index in [1.54, 1.807) is 0 Å². The maximum atomic E-state index is 4.67. The summed E-state index contributed by atoms with van der Waals surface area (Å²) in [5.41, 5.74) is 1.08. The first-order valence-corrected chi connectivity index (χ1v) is 7.06. The Kier molecular flexibility index (Phi) is 3.05. The number of imidazole rings is 1. The maximum Gasteiger partial charge on any atom is 0.180 e. The minimum Gasteiger partial charge on any atom is -0.369 e. The van der Waals surface area contributed by atoms with Crippen LogP contribution >= 0.6 is 0 Å². The van der Waals surface area contributed by atoms with Crippen molar-refractivity contribution in [3.8, 4) is 0 Å². The van der Waals surface area contributed by atoms with E-state index in [2.05, 4.69) is 34.4 Å². The van der Waals surface area contributed by atoms with Gasteiger partial charge in [0.25, 0.3) is 0 Å². The molecule has 0 saturated heterocycles. The highest BCUT2D eigenvalue weighted by Crippen LogP contribution is 2.35. The molecule has 0 aromatic carbocycles. The van der Waals surface area contributed by atoms with Crippen molar-refractivity contribution in [2.24, 2.45) is 0 Å². The number of nitrogens with one attached hydrogen (secondary N) is 2. The second kappa shape index (κ2) is 4.72. The third kappa shape index (κ3) is 2.37. The molecular formula is C14H21N5. The van der Waals surface area contributed by atoms with Crippen molar-refractivity contribution in [1.29, 1.82) is 0 Å². The van der Waals surface area contributed by atoms with Crippen LogP contribution in [0.25, 0.3) is 5.65 Å². The average Bonchev–Trinajstić information content (AvgIpc) is 2.83. The maximum absolute atomic E-state index is 4.67. The Morgan fingerprint density at radius 1 is 1.42 bits per heavy atom. The molecule has 2 N–H and O–H groups in total. The van der Waals surface area contributed by atoms with E-state index in [0.29, 0.717) is 0 Å². The Balaban J connectivity index is 1.93. The molecule has 0 bridgehead atoms. The summed E-state index contributed by atoms with van der Waals surface area (Å²) >= 11 is 0. The van der Waals surface area contributed by atoms with Crippen LogP contribution in [0.1, 0.15) is 39.5 Å². The lowest BCUT2D eigenvalue weighted by atomic mass is 9.78. The van der Waals surface area contributed by atoms with Crippen molar-refractivity contribution in [2.75, 3.05) is 17.2 Å². The van der Waals surface area contributed by atoms with E-state index < -0.39 is 0 Å². The van der Waals surface area contributed by atoms with Crippen molar-refractivity contribution in [3.05, 3.63) is 18.6 Å². The van der Waals surface area contributed by atoms with Crippen LogP contribution < -0.4 is 10.6 Å². The number of nitrogens with zero attached hydrogens (tertiary/aromatic N) is 3. The van der Waals surface area contributed by atoms with Crippen molar-refractivity contribution < 1.29 is 0 Å². The van der Waals surface area contributed by atoms with Crippen LogP contribution in [0.3, 0.4) is 0 Å². The lowest BCUT2D eigenvalue weighted by Crippen LogP contribution is -2.42. The van der Waals surface area contributed by atoms with Crippen LogP contribution in [-0.2, 0) is 0 Å². The van der Waals surface area contributed by atoms with Gasteiger partial charge in [-0.25, -0.2) is 9.97 Å². The van der Waals surface area contributed by atoms with Crippen molar-refractivity contribution in [1.82, 2.24) is 14.4 Å². The fraction of sp³-hybridized carbons (Fsp3) is 0.571. The summed E-state index contributed by atoms with van der Waals surface area (Å²) in [7, 11) is 0. The van der Waals surface area contributed by atoms with E-state index in [1.165, 1.54) is 19.3 Å². The number of aromatic nitrogens is 3. The minimum absolute atomic E-state index is 0.183. The quantitative estimate of drug-likeness (QED) is 0.867. The van der Waals surface area contributed by atoms with Crippen LogP contribution in [0.5, 0.6) is 0 Å². The molecule has 0 unspecified atom stereocenters. The highest BCUT2D eigenvalue weighted by atomic mass is 15.2. The lowest BCUT2D eigenvalue weighted by molar-refractivity contribution is 0.306. The van der Waals surface area contributed by atoms with E-state index in [-0.39, 0.29) is 5.54 Å². The molecule has 2 aromatic rings. The van der Waals surface area contributed by atoms with Gasteiger partial charge in [0.05, 0.1) is 6.20 Å². The van der Waals surface area contributed by atoms with Gasteiger partial charge in [0.1, 0.15) is 5.82 Å². The van der Waals surface area contributed by atoms with Crippen molar-refractivity contribution >= 4 is 17.3 Å². The molecule has 1 saturated carbocycles. The highest BCUT2D eigenvalue weighted by Gasteiger charge is 2.32. The first kappa shape index (κ1) is 12.3. The fourth-order valence-corrected chi connectivity index (χ4v) is 2.47. The molecule has 102 valence electrons. The van der Waals surface area contributed by atoms with Gasteiger partial charge in [-0.05, 0) is 32.6 Å². The largest absolute Gasteiger partial charge is 0.369 e. The summed E-state index contributed by atoms with van der Waals surface area (Å²) in [6, 6.07) is 0. The van der Waals surface area contributed by atoms with E-state index in [1.807, 2.05) is 23.0 Å². The Morgan fingerprint density at radius 3 is 2.95 bits per heavy atom. The third-order valence-electron chi connectivity index (χ3n) is 3.81. The van der Waals surface area contributed by atoms with Crippen molar-refractivity contribution in [3.63, 3.8) is 0 Å². The van der Waals surface area contributed by atoms with Gasteiger partial charge in [-0.15, -0.1) is 0 Å². The summed E-state index contributed by atoms with van der Waals surface area (Å²) in [6.45, 7) is 5.34. The molecule has 19 heavy (non-hydrogen) atoms. The molecule has 2 heterocycles. The molecule has 0 aliphatic heterocycles. The van der Waals surface area contributed by atoms with Gasteiger partial charge in [-0.2, -0.15) is 0 Å². The molecule has 5 nitrogen and oxygen atoms in total. The Hall–Kier alpha value is -1.78. The number of hydrogen-bond acceptors (Lipinski definition) is 4. The minimum atomic E-state index is 0.183. The molecule has 5 heteroatoms. The molecule has 2 aromatic heterocycles. The Bertz CT molecular complexity index is 570. The molecule has 0 spiro atoms. The zero-order valence-electron chi connectivity index (χ0n) is 11.6. The van der Waals surface area contributed by atoms with Crippen LogP contribution in [0.15, 0.2) is 18.6 Å². The summed E-state index contributed by atoms with van der Waals surface area (Å²) < 4.78 is 2.02. The molecule has 1 aliphatic rings. The first-order valence-electron chi connectivity index (χ1n) is 7.06. The molecular weight excluding hydrogens is 238 g/mol. The SMILES string of the molecule is CCCNc1cn2ccnc2c(NC2(C)CCC2)n1. The van der Waals surface area contributed by atoms with Gasteiger partial charge in [-0.1, -0.05) is 6.92 Å². The average molecular weight is 259 g/mol. The second-order valence-electron chi connectivity index (χ2n) is 5.60. The second-order valence-corrected chi connectivity index (χ2v) is 5.60. The summed E-state index contributed by atoms with van der Waals surface area (Å²) in [6.07, 6.45) is 10.6. The van der Waals surface area contributed by atoms with Gasteiger partial charge < -0.3 is 15.0 Å². The van der Waals surface area contributed by atoms with Gasteiger partial charge in [0, 0.05) is 24.5 Å². The van der Waals surface area contributed by atoms with Gasteiger partial charge in [0.2, 0.25) is 0 Å². The smallest absolute Gasteiger partial charge is 0.180 e. The molecule has 0 atom stereocenters. The van der Waals surface area contributed by atoms with Gasteiger partial charge >= 0.3 is 0 Å². The van der Waals surface area contributed by atoms with Crippen LogP contribution in [0.2, 0.25) is 0 Å². The summed E-state index contributed by atoms with van der Waals surface area (Å²) in [5, 5.41) is 6.90. The number of fused-ring (bicyclic) bond motifs is 1. The van der Waals surface area contributed by atoms with E-state index >= 15 is 0 Å². The predicted molar refractivity (Wildman–Crippen MR) is 77.6 cm³/mol. The standard InChI is InChI=1S/C14H21N5/c1-3-7-15-11-10-19-9-8-16-13(19)12(17-11)18-14(2)5-4-6-14/h8-10,15H,3-7H2,1-2H3,(H,17,18). The van der Waals surface area contributed by atoms with Gasteiger partial charge in [-0.3, -0.25) is 0 Å². The number of rotatable bonds is 5. The zero-order chi connectivity index (χ0) is 13.3. The number of anilines is 2. The van der Waals surface area contributed by atoms with Crippen LogP contribution in [0.4, 0.5) is 11.6 Å². The van der Waals surface area contributed by atoms with Crippen LogP contribution in [-0.4, -0.2) is 26.5 Å². The zero-order valence-corrected chi connectivity index (χ0v) is 11.6. The van der Waals surface area contributed by atoms with E-state index in [0.717, 1.165) is 30.2 Å². The summed E-state index contributed by atoms with van der Waals surface area (Å²) in [4.78, 5) is 9.06. The van der Waals surface area contributed by atoms with Gasteiger partial charge in [0.15, 0.2) is 11.5 Å². The topological polar surface area (TPSA) is 54.2 Å². The molecule has 0 amide bonds. The predicted octanol–water partition coefficient (Wildman–Crippen LogP) is 2.91. The first-order chi connectivity index (χ1) is 9.20. The van der Waals surface area contributed by atoms with E-state index in [4.69, 9.17) is 0 Å². The third-order valence-corrected chi connectivity index (χ3v) is 3.81. The normalized spacial score (nSPS) is 17.2. The van der Waals surface area contributed by atoms with E-state index in [9.17, 15) is 0 Å². The summed E-state index contributed by atoms with van der Waals surface area (Å²) in [5.74, 6) is 1.78. The Labute approximate surface area is 113 Å². The fourth-order valence-electron chi connectivity index (χ4n) is 2.47. The highest BCUT2D eigenvalue weighted by molar-refractivity contribution is 5.66. The Morgan fingerprint density at radius 2 is 2.26 bits per heavy atom. The lowest BCUT2D eigenvalue weighted by Gasteiger charge is -2.39. The molecule has 0 radical (unpaired) electrons. The molecule has 1 fully saturated rings. The van der Waals surface area contributed by atoms with Crippen molar-refractivity contribution in [2.45, 2.75) is 45.1 Å². The molecule has 3 rings (SSSR count). The molecule has 1 aliphatic carbocycles.